The van der Waals surface area contributed by atoms with Crippen LogP contribution in [0.4, 0.5) is 57.1 Å². The first-order valence-electron chi connectivity index (χ1n) is 9.05. The Kier molecular flexibility index (Phi) is 8.41. The predicted octanol–water partition coefficient (Wildman–Crippen LogP) is 7.70. The number of ether oxygens (including phenoxy) is 1. The molecular formula is C19H17F13O. The molecule has 33 heavy (non-hydrogen) atoms. The van der Waals surface area contributed by atoms with Gasteiger partial charge in [0.2, 0.25) is 0 Å². The second kappa shape index (κ2) is 9.61. The lowest BCUT2D eigenvalue weighted by Crippen LogP contribution is -2.70. The van der Waals surface area contributed by atoms with Crippen molar-refractivity contribution in [3.63, 3.8) is 0 Å². The van der Waals surface area contributed by atoms with Crippen molar-refractivity contribution in [2.24, 2.45) is 0 Å². The van der Waals surface area contributed by atoms with E-state index in [0.717, 1.165) is 5.56 Å². The molecular weight excluding hydrogens is 491 g/mol. The van der Waals surface area contributed by atoms with E-state index in [4.69, 9.17) is 0 Å². The monoisotopic (exact) mass is 508 g/mol. The van der Waals surface area contributed by atoms with Gasteiger partial charge in [0.15, 0.2) is 0 Å². The Morgan fingerprint density at radius 3 is 1.64 bits per heavy atom. The number of benzene rings is 1. The van der Waals surface area contributed by atoms with Gasteiger partial charge in [0.1, 0.15) is 5.75 Å². The zero-order chi connectivity index (χ0) is 25.9. The highest BCUT2D eigenvalue weighted by atomic mass is 19.4. The van der Waals surface area contributed by atoms with Crippen molar-refractivity contribution < 1.29 is 61.8 Å². The molecule has 0 saturated carbocycles. The van der Waals surface area contributed by atoms with Crippen LogP contribution in [0.3, 0.4) is 0 Å². The molecule has 1 aromatic carbocycles. The Balaban J connectivity index is 2.95. The topological polar surface area (TPSA) is 9.23 Å². The van der Waals surface area contributed by atoms with Gasteiger partial charge in [0, 0.05) is 0 Å². The Morgan fingerprint density at radius 1 is 0.697 bits per heavy atom. The molecule has 0 spiro atoms. The zero-order valence-corrected chi connectivity index (χ0v) is 16.6. The molecule has 0 unspecified atom stereocenters. The Bertz CT molecular complexity index is 795. The summed E-state index contributed by atoms with van der Waals surface area (Å²) < 4.78 is 174. The SMILES string of the molecule is C/C=C/CCc1ccc(OCCC(F)(F)C(F)(F)C(F)(F)C(F)(F)C(F)(F)C(F)(F)F)cc1. The van der Waals surface area contributed by atoms with E-state index in [-0.39, 0.29) is 5.75 Å². The van der Waals surface area contributed by atoms with E-state index >= 15 is 0 Å². The van der Waals surface area contributed by atoms with Gasteiger partial charge in [-0.2, -0.15) is 57.1 Å². The molecule has 0 atom stereocenters. The van der Waals surface area contributed by atoms with E-state index in [0.29, 0.717) is 12.8 Å². The highest BCUT2D eigenvalue weighted by molar-refractivity contribution is 5.27. The summed E-state index contributed by atoms with van der Waals surface area (Å²) in [4.78, 5) is 0. The Labute approximate surface area is 179 Å². The first kappa shape index (κ1) is 28.9. The van der Waals surface area contributed by atoms with Crippen LogP contribution in [0.5, 0.6) is 5.75 Å². The van der Waals surface area contributed by atoms with Crippen LogP contribution < -0.4 is 4.74 Å². The van der Waals surface area contributed by atoms with Gasteiger partial charge in [-0.25, -0.2) is 0 Å². The van der Waals surface area contributed by atoms with Gasteiger partial charge < -0.3 is 4.74 Å². The normalized spacial score (nSPS) is 14.7. The highest BCUT2D eigenvalue weighted by Crippen LogP contribution is 2.60. The molecule has 0 aliphatic heterocycles. The van der Waals surface area contributed by atoms with Gasteiger partial charge in [0.25, 0.3) is 0 Å². The summed E-state index contributed by atoms with van der Waals surface area (Å²) >= 11 is 0. The van der Waals surface area contributed by atoms with E-state index in [1.165, 1.54) is 24.3 Å². The van der Waals surface area contributed by atoms with Crippen molar-refractivity contribution in [2.75, 3.05) is 6.61 Å². The second-order valence-electron chi connectivity index (χ2n) is 6.85. The molecule has 0 N–H and O–H groups in total. The maximum absolute atomic E-state index is 13.7. The molecule has 1 rings (SSSR count). The van der Waals surface area contributed by atoms with Gasteiger partial charge in [-0.3, -0.25) is 0 Å². The standard InChI is InChI=1S/C19H17F13O/c1-2-3-4-5-12-6-8-13(9-7-12)33-11-10-14(20,21)15(22,23)16(24,25)17(26,27)18(28,29)19(30,31)32/h2-3,6-9H,4-5,10-11H2,1H3/b3-2+. The summed E-state index contributed by atoms with van der Waals surface area (Å²) in [7, 11) is 0. The third-order valence-corrected chi connectivity index (χ3v) is 4.44. The van der Waals surface area contributed by atoms with Gasteiger partial charge in [-0.05, 0) is 37.5 Å². The number of aryl methyl sites for hydroxylation is 1. The van der Waals surface area contributed by atoms with Gasteiger partial charge in [0.05, 0.1) is 13.0 Å². The van der Waals surface area contributed by atoms with Crippen LogP contribution >= 0.6 is 0 Å². The van der Waals surface area contributed by atoms with Crippen molar-refractivity contribution in [3.05, 3.63) is 42.0 Å². The van der Waals surface area contributed by atoms with Crippen LogP contribution in [-0.2, 0) is 6.42 Å². The van der Waals surface area contributed by atoms with E-state index in [1.807, 2.05) is 6.08 Å². The third kappa shape index (κ3) is 5.51. The average molecular weight is 508 g/mol. The van der Waals surface area contributed by atoms with Crippen molar-refractivity contribution >= 4 is 0 Å². The number of alkyl halides is 13. The molecule has 0 heterocycles. The third-order valence-electron chi connectivity index (χ3n) is 4.44. The lowest BCUT2D eigenvalue weighted by atomic mass is 9.93. The van der Waals surface area contributed by atoms with E-state index in [9.17, 15) is 57.1 Å². The summed E-state index contributed by atoms with van der Waals surface area (Å²) in [6.45, 7) is 0.312. The highest BCUT2D eigenvalue weighted by Gasteiger charge is 2.90. The number of halogens is 13. The van der Waals surface area contributed by atoms with Gasteiger partial charge in [-0.15, -0.1) is 0 Å². The quantitative estimate of drug-likeness (QED) is 0.220. The van der Waals surface area contributed by atoms with Crippen LogP contribution in [0, 0.1) is 0 Å². The molecule has 0 amide bonds. The number of hydrogen-bond acceptors (Lipinski definition) is 1. The molecule has 1 aromatic rings. The fourth-order valence-corrected chi connectivity index (χ4v) is 2.43. The molecule has 0 aromatic heterocycles. The largest absolute Gasteiger partial charge is 0.493 e. The lowest BCUT2D eigenvalue weighted by molar-refractivity contribution is -0.440. The van der Waals surface area contributed by atoms with Crippen LogP contribution in [0.1, 0.15) is 25.3 Å². The molecule has 0 radical (unpaired) electrons. The molecule has 1 nitrogen and oxygen atoms in total. The van der Waals surface area contributed by atoms with Crippen LogP contribution in [-0.4, -0.2) is 42.4 Å². The fourth-order valence-electron chi connectivity index (χ4n) is 2.43. The number of hydrogen-bond donors (Lipinski definition) is 0. The van der Waals surface area contributed by atoms with Gasteiger partial charge in [-0.1, -0.05) is 24.3 Å². The second-order valence-corrected chi connectivity index (χ2v) is 6.85. The maximum Gasteiger partial charge on any atom is 0.460 e. The van der Waals surface area contributed by atoms with E-state index in [1.54, 1.807) is 13.0 Å². The van der Waals surface area contributed by atoms with E-state index < -0.39 is 48.8 Å². The molecule has 190 valence electrons. The summed E-state index contributed by atoms with van der Waals surface area (Å²) in [6.07, 6.45) is -4.96. The average Bonchev–Trinajstić information content (AvgIpc) is 2.67. The summed E-state index contributed by atoms with van der Waals surface area (Å²) in [5.74, 6) is -37.0. The summed E-state index contributed by atoms with van der Waals surface area (Å²) in [6, 6.07) is 5.32. The van der Waals surface area contributed by atoms with E-state index in [2.05, 4.69) is 4.74 Å². The minimum Gasteiger partial charge on any atom is -0.493 e. The van der Waals surface area contributed by atoms with Crippen molar-refractivity contribution in [2.45, 2.75) is 62.0 Å². The Hall–Kier alpha value is -2.15. The summed E-state index contributed by atoms with van der Waals surface area (Å²) in [5, 5.41) is 0. The van der Waals surface area contributed by atoms with Crippen LogP contribution in [0.2, 0.25) is 0 Å². The summed E-state index contributed by atoms with van der Waals surface area (Å²) in [5.41, 5.74) is 0.754. The smallest absolute Gasteiger partial charge is 0.460 e. The van der Waals surface area contributed by atoms with Crippen LogP contribution in [0.15, 0.2) is 36.4 Å². The van der Waals surface area contributed by atoms with Gasteiger partial charge >= 0.3 is 35.8 Å². The Morgan fingerprint density at radius 2 is 1.18 bits per heavy atom. The number of rotatable bonds is 11. The predicted molar refractivity (Wildman–Crippen MR) is 90.5 cm³/mol. The molecule has 0 saturated heterocycles. The molecule has 0 fully saturated rings. The number of allylic oxidation sites excluding steroid dienone is 2. The molecule has 0 aliphatic rings. The first-order chi connectivity index (χ1) is 14.8. The minimum atomic E-state index is -7.89. The minimum absolute atomic E-state index is 0.204. The maximum atomic E-state index is 13.7. The van der Waals surface area contributed by atoms with Crippen molar-refractivity contribution in [1.29, 1.82) is 0 Å². The lowest BCUT2D eigenvalue weighted by Gasteiger charge is -2.39. The first-order valence-corrected chi connectivity index (χ1v) is 9.05. The van der Waals surface area contributed by atoms with Crippen molar-refractivity contribution in [1.82, 2.24) is 0 Å². The molecule has 0 bridgehead atoms. The zero-order valence-electron chi connectivity index (χ0n) is 16.6. The van der Waals surface area contributed by atoms with Crippen molar-refractivity contribution in [3.8, 4) is 5.75 Å². The van der Waals surface area contributed by atoms with Crippen LogP contribution in [0.25, 0.3) is 0 Å². The molecule has 0 aliphatic carbocycles. The molecule has 14 heteroatoms. The fraction of sp³-hybridized carbons (Fsp3) is 0.579.